The summed E-state index contributed by atoms with van der Waals surface area (Å²) >= 11 is 0. The Labute approximate surface area is 146 Å². The van der Waals surface area contributed by atoms with Crippen molar-refractivity contribution in [3.8, 4) is 5.75 Å². The first kappa shape index (κ1) is 19.2. The first-order valence-electron chi connectivity index (χ1n) is 7.37. The second-order valence-corrected chi connectivity index (χ2v) is 5.11. The highest BCUT2D eigenvalue weighted by Crippen LogP contribution is 2.18. The lowest BCUT2D eigenvalue weighted by Gasteiger charge is -2.13. The molecule has 0 saturated carbocycles. The first-order chi connectivity index (χ1) is 12.3. The molecule has 2 amide bonds. The zero-order valence-corrected chi connectivity index (χ0v) is 13.3. The summed E-state index contributed by atoms with van der Waals surface area (Å²) in [4.78, 5) is 23.8. The Morgan fingerprint density at radius 3 is 2.35 bits per heavy atom. The van der Waals surface area contributed by atoms with Crippen LogP contribution in [0, 0.1) is 5.82 Å². The normalized spacial score (nSPS) is 10.9. The number of amides is 2. The van der Waals surface area contributed by atoms with Gasteiger partial charge in [-0.1, -0.05) is 24.3 Å². The van der Waals surface area contributed by atoms with E-state index in [1.165, 1.54) is 42.5 Å². The van der Waals surface area contributed by atoms with Crippen molar-refractivity contribution < 1.29 is 31.9 Å². The highest BCUT2D eigenvalue weighted by atomic mass is 19.4. The maximum absolute atomic E-state index is 13.4. The van der Waals surface area contributed by atoms with Crippen LogP contribution in [-0.2, 0) is 4.79 Å². The van der Waals surface area contributed by atoms with Crippen molar-refractivity contribution in [2.24, 2.45) is 0 Å². The number of carbonyl (C=O) groups is 2. The van der Waals surface area contributed by atoms with Crippen molar-refractivity contribution in [3.63, 3.8) is 0 Å². The van der Waals surface area contributed by atoms with Gasteiger partial charge in [-0.05, 0) is 24.3 Å². The molecule has 2 N–H and O–H groups in total. The average molecular weight is 370 g/mol. The monoisotopic (exact) mass is 370 g/mol. The topological polar surface area (TPSA) is 67.4 Å². The van der Waals surface area contributed by atoms with Gasteiger partial charge in [0.05, 0.1) is 11.3 Å². The van der Waals surface area contributed by atoms with Crippen LogP contribution in [0.2, 0.25) is 0 Å². The Morgan fingerprint density at radius 2 is 1.65 bits per heavy atom. The van der Waals surface area contributed by atoms with Crippen molar-refractivity contribution in [1.29, 1.82) is 0 Å². The summed E-state index contributed by atoms with van der Waals surface area (Å²) in [5, 5.41) is 4.07. The maximum atomic E-state index is 13.4. The summed E-state index contributed by atoms with van der Waals surface area (Å²) < 4.78 is 55.1. The molecule has 0 aliphatic rings. The molecule has 0 atom stereocenters. The number of alkyl halides is 3. The number of carbonyl (C=O) groups excluding carboxylic acids is 2. The molecule has 2 aromatic rings. The second-order valence-electron chi connectivity index (χ2n) is 5.11. The van der Waals surface area contributed by atoms with Gasteiger partial charge in [0, 0.05) is 0 Å². The number of hydrogen-bond donors (Lipinski definition) is 2. The Kier molecular flexibility index (Phi) is 6.16. The summed E-state index contributed by atoms with van der Waals surface area (Å²) in [5.41, 5.74) is -0.134. The highest BCUT2D eigenvalue weighted by Gasteiger charge is 2.28. The second kappa shape index (κ2) is 8.32. The number of para-hydroxylation sites is 2. The van der Waals surface area contributed by atoms with E-state index in [1.807, 2.05) is 0 Å². The number of anilines is 1. The van der Waals surface area contributed by atoms with Gasteiger partial charge < -0.3 is 15.4 Å². The minimum atomic E-state index is -4.55. The summed E-state index contributed by atoms with van der Waals surface area (Å²) in [5.74, 6) is -2.47. The van der Waals surface area contributed by atoms with E-state index >= 15 is 0 Å². The standard InChI is InChI=1S/C17H14F4N2O3/c18-12-6-2-4-8-14(12)26-9-15(24)23-13-7-3-1-5-11(13)16(25)22-10-17(19,20)21/h1-8H,9-10H2,(H,22,25)(H,23,24). The quantitative estimate of drug-likeness (QED) is 0.768. The molecule has 0 bridgehead atoms. The van der Waals surface area contributed by atoms with E-state index in [-0.39, 0.29) is 17.0 Å². The lowest BCUT2D eigenvalue weighted by atomic mass is 10.1. The minimum Gasteiger partial charge on any atom is -0.481 e. The molecule has 0 unspecified atom stereocenters. The van der Waals surface area contributed by atoms with Crippen LogP contribution in [-0.4, -0.2) is 31.1 Å². The van der Waals surface area contributed by atoms with Crippen molar-refractivity contribution in [1.82, 2.24) is 5.32 Å². The molecule has 0 heterocycles. The molecule has 9 heteroatoms. The van der Waals surface area contributed by atoms with Crippen molar-refractivity contribution in [2.75, 3.05) is 18.5 Å². The maximum Gasteiger partial charge on any atom is 0.405 e. The molecule has 26 heavy (non-hydrogen) atoms. The van der Waals surface area contributed by atoms with E-state index in [1.54, 1.807) is 5.32 Å². The summed E-state index contributed by atoms with van der Waals surface area (Å²) in [7, 11) is 0. The molecule has 0 fully saturated rings. The van der Waals surface area contributed by atoms with E-state index in [2.05, 4.69) is 5.32 Å². The molecular weight excluding hydrogens is 356 g/mol. The van der Waals surface area contributed by atoms with Crippen molar-refractivity contribution >= 4 is 17.5 Å². The molecule has 0 spiro atoms. The molecule has 5 nitrogen and oxygen atoms in total. The average Bonchev–Trinajstić information content (AvgIpc) is 2.59. The van der Waals surface area contributed by atoms with Crippen LogP contribution in [0.3, 0.4) is 0 Å². The third-order valence-electron chi connectivity index (χ3n) is 3.09. The smallest absolute Gasteiger partial charge is 0.405 e. The number of ether oxygens (including phenoxy) is 1. The lowest BCUT2D eigenvalue weighted by Crippen LogP contribution is -2.34. The molecule has 0 saturated heterocycles. The van der Waals surface area contributed by atoms with E-state index < -0.39 is 37.0 Å². The van der Waals surface area contributed by atoms with E-state index in [0.717, 1.165) is 6.07 Å². The number of nitrogens with one attached hydrogen (secondary N) is 2. The molecule has 0 aromatic heterocycles. The fraction of sp³-hybridized carbons (Fsp3) is 0.176. The predicted octanol–water partition coefficient (Wildman–Crippen LogP) is 3.14. The molecule has 0 aliphatic heterocycles. The third-order valence-corrected chi connectivity index (χ3v) is 3.09. The number of benzene rings is 2. The Bertz CT molecular complexity index is 794. The Hall–Kier alpha value is -3.10. The van der Waals surface area contributed by atoms with Crippen LogP contribution >= 0.6 is 0 Å². The Morgan fingerprint density at radius 1 is 1.00 bits per heavy atom. The van der Waals surface area contributed by atoms with Crippen LogP contribution in [0.5, 0.6) is 5.75 Å². The zero-order chi connectivity index (χ0) is 19.2. The lowest BCUT2D eigenvalue weighted by molar-refractivity contribution is -0.123. The van der Waals surface area contributed by atoms with Crippen molar-refractivity contribution in [3.05, 3.63) is 59.9 Å². The molecule has 138 valence electrons. The SMILES string of the molecule is O=C(COc1ccccc1F)Nc1ccccc1C(=O)NCC(F)(F)F. The fourth-order valence-corrected chi connectivity index (χ4v) is 1.96. The number of rotatable bonds is 6. The van der Waals surface area contributed by atoms with Crippen LogP contribution in [0.1, 0.15) is 10.4 Å². The largest absolute Gasteiger partial charge is 0.481 e. The van der Waals surface area contributed by atoms with Gasteiger partial charge in [0.25, 0.3) is 11.8 Å². The van der Waals surface area contributed by atoms with Gasteiger partial charge in [-0.2, -0.15) is 13.2 Å². The molecule has 2 rings (SSSR count). The van der Waals surface area contributed by atoms with Crippen molar-refractivity contribution in [2.45, 2.75) is 6.18 Å². The van der Waals surface area contributed by atoms with Gasteiger partial charge in [-0.3, -0.25) is 9.59 Å². The molecule has 0 radical (unpaired) electrons. The third kappa shape index (κ3) is 5.76. The number of halogens is 4. The summed E-state index contributed by atoms with van der Waals surface area (Å²) in [6.45, 7) is -2.04. The molecular formula is C17H14F4N2O3. The van der Waals surface area contributed by atoms with Gasteiger partial charge in [0.15, 0.2) is 18.2 Å². The number of hydrogen-bond acceptors (Lipinski definition) is 3. The van der Waals surface area contributed by atoms with E-state index in [0.29, 0.717) is 0 Å². The first-order valence-corrected chi connectivity index (χ1v) is 7.37. The van der Waals surface area contributed by atoms with Gasteiger partial charge >= 0.3 is 6.18 Å². The van der Waals surface area contributed by atoms with E-state index in [4.69, 9.17) is 4.74 Å². The Balaban J connectivity index is 1.99. The van der Waals surface area contributed by atoms with Gasteiger partial charge in [0.2, 0.25) is 0 Å². The van der Waals surface area contributed by atoms with Crippen LogP contribution in [0.4, 0.5) is 23.2 Å². The predicted molar refractivity (Wildman–Crippen MR) is 85.4 cm³/mol. The molecule has 2 aromatic carbocycles. The highest BCUT2D eigenvalue weighted by molar-refractivity contribution is 6.04. The van der Waals surface area contributed by atoms with Gasteiger partial charge in [0.1, 0.15) is 6.54 Å². The zero-order valence-electron chi connectivity index (χ0n) is 13.3. The molecule has 0 aliphatic carbocycles. The van der Waals surface area contributed by atoms with Crippen LogP contribution < -0.4 is 15.4 Å². The van der Waals surface area contributed by atoms with Gasteiger partial charge in [-0.25, -0.2) is 4.39 Å². The minimum absolute atomic E-state index is 0.00862. The van der Waals surface area contributed by atoms with Crippen LogP contribution in [0.15, 0.2) is 48.5 Å². The van der Waals surface area contributed by atoms with E-state index in [9.17, 15) is 27.2 Å². The van der Waals surface area contributed by atoms with Gasteiger partial charge in [-0.15, -0.1) is 0 Å². The van der Waals surface area contributed by atoms with Crippen LogP contribution in [0.25, 0.3) is 0 Å². The summed E-state index contributed by atoms with van der Waals surface area (Å²) in [6.07, 6.45) is -4.55. The summed E-state index contributed by atoms with van der Waals surface area (Å²) in [6, 6.07) is 11.0. The fourth-order valence-electron chi connectivity index (χ4n) is 1.96.